The zero-order valence-electron chi connectivity index (χ0n) is 9.10. The highest BCUT2D eigenvalue weighted by Crippen LogP contribution is 2.37. The Balaban J connectivity index is 1.97. The summed E-state index contributed by atoms with van der Waals surface area (Å²) in [6.45, 7) is 0. The number of nitrogens with zero attached hydrogens (tertiary/aromatic N) is 2. The molecule has 3 rings (SSSR count). The fraction of sp³-hybridized carbons (Fsp3) is 0.417. The van der Waals surface area contributed by atoms with Gasteiger partial charge in [0.1, 0.15) is 5.65 Å². The molecule has 1 fully saturated rings. The molecule has 0 radical (unpaired) electrons. The van der Waals surface area contributed by atoms with E-state index in [2.05, 4.69) is 11.2 Å². The van der Waals surface area contributed by atoms with Crippen molar-refractivity contribution in [2.45, 2.75) is 24.5 Å². The second kappa shape index (κ2) is 4.01. The molecule has 2 aromatic heterocycles. The van der Waals surface area contributed by atoms with Crippen LogP contribution in [0, 0.1) is 0 Å². The largest absolute Gasteiger partial charge is 0.398 e. The highest BCUT2D eigenvalue weighted by Gasteiger charge is 2.18. The lowest BCUT2D eigenvalue weighted by atomic mass is 10.1. The van der Waals surface area contributed by atoms with Crippen LogP contribution in [-0.4, -0.2) is 15.1 Å². The minimum absolute atomic E-state index is 0.579. The molecular weight excluding hydrogens is 218 g/mol. The van der Waals surface area contributed by atoms with Gasteiger partial charge in [0.25, 0.3) is 0 Å². The number of aromatic nitrogens is 2. The molecule has 2 N–H and O–H groups in total. The average Bonchev–Trinajstić information content (AvgIpc) is 2.73. The summed E-state index contributed by atoms with van der Waals surface area (Å²) in [5.41, 5.74) is 8.74. The van der Waals surface area contributed by atoms with Crippen LogP contribution in [-0.2, 0) is 0 Å². The van der Waals surface area contributed by atoms with E-state index >= 15 is 0 Å². The van der Waals surface area contributed by atoms with Gasteiger partial charge in [0.05, 0.1) is 5.69 Å². The molecule has 2 aromatic rings. The van der Waals surface area contributed by atoms with Crippen LogP contribution in [0.5, 0.6) is 0 Å². The van der Waals surface area contributed by atoms with Crippen molar-refractivity contribution in [1.82, 2.24) is 9.38 Å². The molecule has 3 heterocycles. The Bertz CT molecular complexity index is 500. The molecule has 0 aromatic carbocycles. The van der Waals surface area contributed by atoms with E-state index < -0.39 is 0 Å². The van der Waals surface area contributed by atoms with Crippen LogP contribution in [0.3, 0.4) is 0 Å². The lowest BCUT2D eigenvalue weighted by Gasteiger charge is -2.18. The maximum Gasteiger partial charge on any atom is 0.137 e. The van der Waals surface area contributed by atoms with Crippen molar-refractivity contribution in [1.29, 1.82) is 0 Å². The average molecular weight is 233 g/mol. The quantitative estimate of drug-likeness (QED) is 0.823. The van der Waals surface area contributed by atoms with E-state index in [-0.39, 0.29) is 0 Å². The Hall–Kier alpha value is -1.16. The molecule has 0 spiro atoms. The molecule has 0 bridgehead atoms. The van der Waals surface area contributed by atoms with E-state index in [4.69, 9.17) is 5.73 Å². The smallest absolute Gasteiger partial charge is 0.137 e. The van der Waals surface area contributed by atoms with Gasteiger partial charge >= 0.3 is 0 Å². The van der Waals surface area contributed by atoms with Crippen molar-refractivity contribution in [2.24, 2.45) is 0 Å². The molecule has 3 nitrogen and oxygen atoms in total. The molecule has 0 amide bonds. The number of nitrogen functional groups attached to an aromatic ring is 1. The molecule has 0 saturated carbocycles. The summed E-state index contributed by atoms with van der Waals surface area (Å²) in [5.74, 6) is 1.26. The third-order valence-corrected chi connectivity index (χ3v) is 4.41. The van der Waals surface area contributed by atoms with Crippen LogP contribution in [0.1, 0.15) is 30.2 Å². The predicted molar refractivity (Wildman–Crippen MR) is 68.7 cm³/mol. The van der Waals surface area contributed by atoms with E-state index in [1.165, 1.54) is 30.7 Å². The van der Waals surface area contributed by atoms with Crippen molar-refractivity contribution in [3.8, 4) is 0 Å². The van der Waals surface area contributed by atoms with Gasteiger partial charge in [-0.3, -0.25) is 0 Å². The number of nitrogens with two attached hydrogens (primary N) is 1. The minimum Gasteiger partial charge on any atom is -0.398 e. The Labute approximate surface area is 99.1 Å². The predicted octanol–water partition coefficient (Wildman–Crippen LogP) is 2.87. The molecule has 84 valence electrons. The number of fused-ring (bicyclic) bond motifs is 1. The SMILES string of the molecule is Nc1ccc2nc(C3CCCCS3)cn2c1. The van der Waals surface area contributed by atoms with Gasteiger partial charge in [0, 0.05) is 23.3 Å². The number of imidazole rings is 1. The Morgan fingerprint density at radius 2 is 2.25 bits per heavy atom. The van der Waals surface area contributed by atoms with Crippen molar-refractivity contribution in [3.05, 3.63) is 30.2 Å². The summed E-state index contributed by atoms with van der Waals surface area (Å²) in [7, 11) is 0. The highest BCUT2D eigenvalue weighted by atomic mass is 32.2. The summed E-state index contributed by atoms with van der Waals surface area (Å²) in [4.78, 5) is 4.66. The third kappa shape index (κ3) is 1.78. The Kier molecular flexibility index (Phi) is 2.52. The van der Waals surface area contributed by atoms with Gasteiger partial charge in [-0.2, -0.15) is 11.8 Å². The lowest BCUT2D eigenvalue weighted by Crippen LogP contribution is -2.02. The van der Waals surface area contributed by atoms with Crippen LogP contribution in [0.2, 0.25) is 0 Å². The first-order valence-corrected chi connectivity index (χ1v) is 6.73. The first-order valence-electron chi connectivity index (χ1n) is 5.69. The van der Waals surface area contributed by atoms with E-state index in [9.17, 15) is 0 Å². The molecule has 1 unspecified atom stereocenters. The van der Waals surface area contributed by atoms with Gasteiger partial charge in [0.15, 0.2) is 0 Å². The first-order chi connectivity index (χ1) is 7.83. The molecular formula is C12H15N3S. The van der Waals surface area contributed by atoms with Gasteiger partial charge in [-0.05, 0) is 30.7 Å². The number of thioether (sulfide) groups is 1. The molecule has 4 heteroatoms. The molecule has 1 atom stereocenters. The normalized spacial score (nSPS) is 21.4. The van der Waals surface area contributed by atoms with Crippen LogP contribution in [0.15, 0.2) is 24.5 Å². The molecule has 1 aliphatic rings. The van der Waals surface area contributed by atoms with Crippen LogP contribution >= 0.6 is 11.8 Å². The van der Waals surface area contributed by atoms with Crippen molar-refractivity contribution >= 4 is 23.1 Å². The van der Waals surface area contributed by atoms with Gasteiger partial charge in [-0.1, -0.05) is 6.42 Å². The molecule has 1 saturated heterocycles. The first kappa shape index (κ1) is 10.0. The monoisotopic (exact) mass is 233 g/mol. The topological polar surface area (TPSA) is 43.3 Å². The number of anilines is 1. The highest BCUT2D eigenvalue weighted by molar-refractivity contribution is 7.99. The van der Waals surface area contributed by atoms with Crippen molar-refractivity contribution in [3.63, 3.8) is 0 Å². The van der Waals surface area contributed by atoms with Gasteiger partial charge in [-0.15, -0.1) is 0 Å². The second-order valence-electron chi connectivity index (χ2n) is 4.25. The Morgan fingerprint density at radius 1 is 1.31 bits per heavy atom. The van der Waals surface area contributed by atoms with Gasteiger partial charge < -0.3 is 10.1 Å². The molecule has 1 aliphatic heterocycles. The maximum absolute atomic E-state index is 5.76. The fourth-order valence-corrected chi connectivity index (χ4v) is 3.43. The summed E-state index contributed by atoms with van der Waals surface area (Å²) >= 11 is 2.03. The molecule has 16 heavy (non-hydrogen) atoms. The fourth-order valence-electron chi connectivity index (χ4n) is 2.16. The van der Waals surface area contributed by atoms with Crippen LogP contribution < -0.4 is 5.73 Å². The zero-order valence-corrected chi connectivity index (χ0v) is 9.91. The lowest BCUT2D eigenvalue weighted by molar-refractivity contribution is 0.678. The molecule has 0 aliphatic carbocycles. The summed E-state index contributed by atoms with van der Waals surface area (Å²) in [6, 6.07) is 3.88. The summed E-state index contributed by atoms with van der Waals surface area (Å²) in [5, 5.41) is 0.579. The second-order valence-corrected chi connectivity index (χ2v) is 5.56. The number of pyridine rings is 1. The zero-order chi connectivity index (χ0) is 11.0. The van der Waals surface area contributed by atoms with Gasteiger partial charge in [-0.25, -0.2) is 4.98 Å². The van der Waals surface area contributed by atoms with E-state index in [0.29, 0.717) is 5.25 Å². The minimum atomic E-state index is 0.579. The summed E-state index contributed by atoms with van der Waals surface area (Å²) in [6.07, 6.45) is 7.98. The van der Waals surface area contributed by atoms with E-state index in [0.717, 1.165) is 11.3 Å². The third-order valence-electron chi connectivity index (χ3n) is 3.00. The van der Waals surface area contributed by atoms with E-state index in [1.807, 2.05) is 34.5 Å². The van der Waals surface area contributed by atoms with Crippen LogP contribution in [0.4, 0.5) is 5.69 Å². The standard InChI is InChI=1S/C12H15N3S/c13-9-4-5-12-14-10(8-15(12)7-9)11-3-1-2-6-16-11/h4-5,7-8,11H,1-3,6,13H2. The van der Waals surface area contributed by atoms with Crippen LogP contribution in [0.25, 0.3) is 5.65 Å². The van der Waals surface area contributed by atoms with Crippen molar-refractivity contribution < 1.29 is 0 Å². The number of rotatable bonds is 1. The maximum atomic E-state index is 5.76. The Morgan fingerprint density at radius 3 is 3.06 bits per heavy atom. The van der Waals surface area contributed by atoms with E-state index in [1.54, 1.807) is 0 Å². The summed E-state index contributed by atoms with van der Waals surface area (Å²) < 4.78 is 2.03. The van der Waals surface area contributed by atoms with Crippen molar-refractivity contribution in [2.75, 3.05) is 11.5 Å². The van der Waals surface area contributed by atoms with Gasteiger partial charge in [0.2, 0.25) is 0 Å². The number of hydrogen-bond donors (Lipinski definition) is 1. The number of hydrogen-bond acceptors (Lipinski definition) is 3.